The molecule has 1 unspecified atom stereocenters. The summed E-state index contributed by atoms with van der Waals surface area (Å²) in [5.74, 6) is -0.288. The molecule has 0 aliphatic heterocycles. The van der Waals surface area contributed by atoms with E-state index in [1.54, 1.807) is 6.07 Å². The molecule has 0 saturated carbocycles. The van der Waals surface area contributed by atoms with Crippen molar-refractivity contribution in [3.05, 3.63) is 65.7 Å². The highest BCUT2D eigenvalue weighted by Gasteiger charge is 2.15. The minimum absolute atomic E-state index is 0.168. The normalized spacial score (nSPS) is 11.7. The summed E-state index contributed by atoms with van der Waals surface area (Å²) in [4.78, 5) is 12.0. The van der Waals surface area contributed by atoms with E-state index in [0.29, 0.717) is 12.2 Å². The zero-order valence-corrected chi connectivity index (χ0v) is 12.5. The van der Waals surface area contributed by atoms with Gasteiger partial charge in [0.1, 0.15) is 0 Å². The lowest BCUT2D eigenvalue weighted by Crippen LogP contribution is -2.14. The second kappa shape index (κ2) is 7.48. The van der Waals surface area contributed by atoms with Crippen molar-refractivity contribution < 1.29 is 9.53 Å². The van der Waals surface area contributed by atoms with E-state index in [1.165, 1.54) is 5.56 Å². The highest BCUT2D eigenvalue weighted by Crippen LogP contribution is 2.25. The Bertz CT molecular complexity index is 581. The van der Waals surface area contributed by atoms with Gasteiger partial charge in [-0.3, -0.25) is 0 Å². The van der Waals surface area contributed by atoms with Crippen molar-refractivity contribution in [1.29, 1.82) is 0 Å². The van der Waals surface area contributed by atoms with E-state index < -0.39 is 0 Å². The lowest BCUT2D eigenvalue weighted by Gasteiger charge is -2.20. The summed E-state index contributed by atoms with van der Waals surface area (Å²) in [6, 6.07) is 17.9. The summed E-state index contributed by atoms with van der Waals surface area (Å²) >= 11 is 0. The van der Waals surface area contributed by atoms with Gasteiger partial charge in [0.05, 0.1) is 18.2 Å². The number of esters is 1. The zero-order chi connectivity index (χ0) is 15.1. The second-order valence-corrected chi connectivity index (χ2v) is 4.78. The average Bonchev–Trinajstić information content (AvgIpc) is 2.54. The Morgan fingerprint density at radius 1 is 1.05 bits per heavy atom. The largest absolute Gasteiger partial charge is 0.462 e. The van der Waals surface area contributed by atoms with E-state index in [-0.39, 0.29) is 12.0 Å². The van der Waals surface area contributed by atoms with Gasteiger partial charge in [-0.2, -0.15) is 0 Å². The third kappa shape index (κ3) is 3.85. The fourth-order valence-electron chi connectivity index (χ4n) is 2.29. The fourth-order valence-corrected chi connectivity index (χ4v) is 2.29. The number of ether oxygens (including phenoxy) is 1. The number of anilines is 1. The van der Waals surface area contributed by atoms with Crippen LogP contribution in [0.15, 0.2) is 54.6 Å². The van der Waals surface area contributed by atoms with Crippen LogP contribution >= 0.6 is 0 Å². The first kappa shape index (κ1) is 15.1. The van der Waals surface area contributed by atoms with Crippen molar-refractivity contribution in [2.24, 2.45) is 0 Å². The Morgan fingerprint density at radius 2 is 1.71 bits per heavy atom. The van der Waals surface area contributed by atoms with Crippen molar-refractivity contribution in [2.45, 2.75) is 26.3 Å². The van der Waals surface area contributed by atoms with Crippen LogP contribution in [0.4, 0.5) is 5.69 Å². The lowest BCUT2D eigenvalue weighted by atomic mass is 10.0. The molecule has 0 radical (unpaired) electrons. The van der Waals surface area contributed by atoms with Gasteiger partial charge in [0.15, 0.2) is 0 Å². The molecular weight excluding hydrogens is 262 g/mol. The van der Waals surface area contributed by atoms with Gasteiger partial charge < -0.3 is 10.1 Å². The van der Waals surface area contributed by atoms with E-state index in [2.05, 4.69) is 24.4 Å². The molecule has 21 heavy (non-hydrogen) atoms. The van der Waals surface area contributed by atoms with E-state index in [1.807, 2.05) is 43.3 Å². The Morgan fingerprint density at radius 3 is 2.38 bits per heavy atom. The topological polar surface area (TPSA) is 38.3 Å². The summed E-state index contributed by atoms with van der Waals surface area (Å²) in [7, 11) is 0. The van der Waals surface area contributed by atoms with Crippen LogP contribution in [0.5, 0.6) is 0 Å². The molecule has 2 aromatic rings. The van der Waals surface area contributed by atoms with Gasteiger partial charge >= 0.3 is 5.97 Å². The molecule has 1 atom stereocenters. The summed E-state index contributed by atoms with van der Waals surface area (Å²) in [6.07, 6.45) is 0.932. The highest BCUT2D eigenvalue weighted by molar-refractivity contribution is 5.95. The molecule has 2 aromatic carbocycles. The van der Waals surface area contributed by atoms with Crippen molar-refractivity contribution in [2.75, 3.05) is 11.9 Å². The average molecular weight is 283 g/mol. The second-order valence-electron chi connectivity index (χ2n) is 4.78. The maximum absolute atomic E-state index is 12.0. The minimum atomic E-state index is -0.288. The van der Waals surface area contributed by atoms with Gasteiger partial charge in [0.2, 0.25) is 0 Å². The van der Waals surface area contributed by atoms with Crippen LogP contribution < -0.4 is 5.32 Å². The van der Waals surface area contributed by atoms with Crippen molar-refractivity contribution >= 4 is 11.7 Å². The molecule has 0 fully saturated rings. The molecule has 0 heterocycles. The van der Waals surface area contributed by atoms with Crippen LogP contribution in [0.2, 0.25) is 0 Å². The molecule has 0 aliphatic carbocycles. The number of para-hydroxylation sites is 1. The van der Waals surface area contributed by atoms with Gasteiger partial charge in [-0.15, -0.1) is 0 Å². The Hall–Kier alpha value is -2.29. The van der Waals surface area contributed by atoms with Gasteiger partial charge in [-0.1, -0.05) is 49.4 Å². The molecule has 0 spiro atoms. The van der Waals surface area contributed by atoms with E-state index in [9.17, 15) is 4.79 Å². The fraction of sp³-hybridized carbons (Fsp3) is 0.278. The van der Waals surface area contributed by atoms with E-state index >= 15 is 0 Å². The molecule has 110 valence electrons. The van der Waals surface area contributed by atoms with Crippen LogP contribution in [0, 0.1) is 0 Å². The maximum Gasteiger partial charge on any atom is 0.340 e. The monoisotopic (exact) mass is 283 g/mol. The Labute approximate surface area is 126 Å². The molecular formula is C18H21NO2. The van der Waals surface area contributed by atoms with Crippen LogP contribution in [-0.2, 0) is 4.74 Å². The third-order valence-electron chi connectivity index (χ3n) is 3.36. The molecule has 0 bridgehead atoms. The first-order valence-corrected chi connectivity index (χ1v) is 7.33. The molecule has 0 aromatic heterocycles. The lowest BCUT2D eigenvalue weighted by molar-refractivity contribution is 0.0527. The van der Waals surface area contributed by atoms with Crippen LogP contribution in [-0.4, -0.2) is 12.6 Å². The molecule has 3 heteroatoms. The predicted octanol–water partition coefficient (Wildman–Crippen LogP) is 4.43. The number of carbonyl (C=O) groups excluding carboxylic acids is 1. The molecule has 0 aliphatic rings. The number of nitrogens with one attached hydrogen (secondary N) is 1. The highest BCUT2D eigenvalue weighted by atomic mass is 16.5. The van der Waals surface area contributed by atoms with E-state index in [0.717, 1.165) is 12.1 Å². The number of hydrogen-bond acceptors (Lipinski definition) is 3. The molecule has 2 rings (SSSR count). The SMILES string of the molecule is CCOC(=O)c1ccccc1NC(CC)c1ccccc1. The standard InChI is InChI=1S/C18H21NO2/c1-3-16(14-10-6-5-7-11-14)19-17-13-9-8-12-15(17)18(20)21-4-2/h5-13,16,19H,3-4H2,1-2H3. The summed E-state index contributed by atoms with van der Waals surface area (Å²) in [5.41, 5.74) is 2.60. The van der Waals surface area contributed by atoms with Crippen molar-refractivity contribution in [3.8, 4) is 0 Å². The quantitative estimate of drug-likeness (QED) is 0.797. The molecule has 0 amide bonds. The number of hydrogen-bond donors (Lipinski definition) is 1. The zero-order valence-electron chi connectivity index (χ0n) is 12.5. The molecule has 3 nitrogen and oxygen atoms in total. The first-order valence-electron chi connectivity index (χ1n) is 7.33. The summed E-state index contributed by atoms with van der Waals surface area (Å²) in [6.45, 7) is 4.31. The number of benzene rings is 2. The summed E-state index contributed by atoms with van der Waals surface area (Å²) < 4.78 is 5.11. The molecule has 1 N–H and O–H groups in total. The van der Waals surface area contributed by atoms with Crippen LogP contribution in [0.25, 0.3) is 0 Å². The first-order chi connectivity index (χ1) is 10.3. The number of carbonyl (C=O) groups is 1. The van der Waals surface area contributed by atoms with Crippen molar-refractivity contribution in [1.82, 2.24) is 0 Å². The number of rotatable bonds is 6. The Balaban J connectivity index is 2.24. The summed E-state index contributed by atoms with van der Waals surface area (Å²) in [5, 5.41) is 3.45. The van der Waals surface area contributed by atoms with E-state index in [4.69, 9.17) is 4.74 Å². The Kier molecular flexibility index (Phi) is 5.38. The van der Waals surface area contributed by atoms with Crippen LogP contribution in [0.1, 0.15) is 42.2 Å². The smallest absolute Gasteiger partial charge is 0.340 e. The van der Waals surface area contributed by atoms with Gasteiger partial charge in [-0.25, -0.2) is 4.79 Å². The van der Waals surface area contributed by atoms with Gasteiger partial charge in [-0.05, 0) is 31.0 Å². The maximum atomic E-state index is 12.0. The minimum Gasteiger partial charge on any atom is -0.462 e. The third-order valence-corrected chi connectivity index (χ3v) is 3.36. The van der Waals surface area contributed by atoms with Crippen LogP contribution in [0.3, 0.4) is 0 Å². The molecule has 0 saturated heterocycles. The predicted molar refractivity (Wildman–Crippen MR) is 85.5 cm³/mol. The van der Waals surface area contributed by atoms with Gasteiger partial charge in [0, 0.05) is 5.69 Å². The van der Waals surface area contributed by atoms with Crippen molar-refractivity contribution in [3.63, 3.8) is 0 Å². The van der Waals surface area contributed by atoms with Gasteiger partial charge in [0.25, 0.3) is 0 Å².